The number of rotatable bonds is 6. The van der Waals surface area contributed by atoms with Crippen LogP contribution in [0.4, 0.5) is 9.39 Å². The van der Waals surface area contributed by atoms with Crippen molar-refractivity contribution in [3.05, 3.63) is 52.2 Å². The second-order valence-corrected chi connectivity index (χ2v) is 8.25. The second-order valence-electron chi connectivity index (χ2n) is 7.12. The molecule has 1 atom stereocenters. The lowest BCUT2D eigenvalue weighted by atomic mass is 9.96. The maximum Gasteiger partial charge on any atom is 0.341 e. The lowest BCUT2D eigenvalue weighted by Crippen LogP contribution is -2.43. The number of nitrogens with one attached hydrogen (secondary N) is 1. The molecule has 1 fully saturated rings. The van der Waals surface area contributed by atoms with Gasteiger partial charge in [-0.15, -0.1) is 11.3 Å². The van der Waals surface area contributed by atoms with Crippen molar-refractivity contribution in [2.24, 2.45) is 5.92 Å². The Morgan fingerprint density at radius 1 is 1.23 bits per heavy atom. The highest BCUT2D eigenvalue weighted by Gasteiger charge is 2.30. The van der Waals surface area contributed by atoms with Crippen LogP contribution < -0.4 is 5.32 Å². The summed E-state index contributed by atoms with van der Waals surface area (Å²) in [6.45, 7) is 4.80. The maximum absolute atomic E-state index is 13.1. The van der Waals surface area contributed by atoms with E-state index in [1.165, 1.54) is 35.6 Å². The van der Waals surface area contributed by atoms with Crippen LogP contribution in [0.2, 0.25) is 0 Å². The van der Waals surface area contributed by atoms with Gasteiger partial charge in [0.2, 0.25) is 5.91 Å². The number of aryl methyl sites for hydroxylation is 1. The molecule has 1 aromatic heterocycles. The summed E-state index contributed by atoms with van der Waals surface area (Å²) in [7, 11) is 0. The summed E-state index contributed by atoms with van der Waals surface area (Å²) in [4.78, 5) is 40.4. The summed E-state index contributed by atoms with van der Waals surface area (Å²) in [6.07, 6.45) is 2.09. The Morgan fingerprint density at radius 2 is 1.97 bits per heavy atom. The van der Waals surface area contributed by atoms with Gasteiger partial charge in [-0.25, -0.2) is 9.18 Å². The number of hydrogen-bond acceptors (Lipinski definition) is 5. The zero-order valence-electron chi connectivity index (χ0n) is 17.1. The van der Waals surface area contributed by atoms with Gasteiger partial charge in [0.05, 0.1) is 18.1 Å². The van der Waals surface area contributed by atoms with Gasteiger partial charge in [-0.3, -0.25) is 9.59 Å². The fourth-order valence-corrected chi connectivity index (χ4v) is 4.42. The van der Waals surface area contributed by atoms with E-state index in [0.29, 0.717) is 35.5 Å². The monoisotopic (exact) mass is 432 g/mol. The normalized spacial score (nSPS) is 16.2. The Balaban J connectivity index is 1.70. The van der Waals surface area contributed by atoms with Crippen molar-refractivity contribution in [3.63, 3.8) is 0 Å². The molecule has 1 saturated heterocycles. The molecule has 0 radical (unpaired) electrons. The first-order valence-electron chi connectivity index (χ1n) is 10.1. The summed E-state index contributed by atoms with van der Waals surface area (Å²) >= 11 is 1.36. The van der Waals surface area contributed by atoms with Gasteiger partial charge in [-0.1, -0.05) is 6.92 Å². The molecule has 0 bridgehead atoms. The molecule has 2 heterocycles. The number of anilines is 1. The standard InChI is InChI=1S/C22H25FN2O4S/c1-3-17-12-18(22(28)29-4-2)20(30-17)24-19(26)15-6-5-11-25(13-15)21(27)14-7-9-16(23)10-8-14/h7-10,12,15H,3-6,11,13H2,1-2H3,(H,24,26). The smallest absolute Gasteiger partial charge is 0.341 e. The van der Waals surface area contributed by atoms with E-state index in [1.807, 2.05) is 6.92 Å². The fourth-order valence-electron chi connectivity index (χ4n) is 3.43. The van der Waals surface area contributed by atoms with Crippen LogP contribution >= 0.6 is 11.3 Å². The number of likely N-dealkylation sites (tertiary alicyclic amines) is 1. The minimum atomic E-state index is -0.458. The topological polar surface area (TPSA) is 75.7 Å². The maximum atomic E-state index is 13.1. The molecule has 30 heavy (non-hydrogen) atoms. The number of carbonyl (C=O) groups is 3. The lowest BCUT2D eigenvalue weighted by Gasteiger charge is -2.32. The van der Waals surface area contributed by atoms with Crippen LogP contribution in [0, 0.1) is 11.7 Å². The van der Waals surface area contributed by atoms with Crippen molar-refractivity contribution >= 4 is 34.1 Å². The molecule has 1 N–H and O–H groups in total. The number of esters is 1. The highest BCUT2D eigenvalue weighted by atomic mass is 32.1. The molecule has 160 valence electrons. The van der Waals surface area contributed by atoms with E-state index in [2.05, 4.69) is 5.32 Å². The number of ether oxygens (including phenoxy) is 1. The predicted molar refractivity (Wildman–Crippen MR) is 113 cm³/mol. The number of carbonyl (C=O) groups excluding carboxylic acids is 3. The molecule has 3 rings (SSSR count). The summed E-state index contributed by atoms with van der Waals surface area (Å²) in [5, 5.41) is 3.36. The molecule has 0 aliphatic carbocycles. The zero-order chi connectivity index (χ0) is 21.7. The van der Waals surface area contributed by atoms with E-state index in [4.69, 9.17) is 4.74 Å². The third-order valence-electron chi connectivity index (χ3n) is 5.03. The van der Waals surface area contributed by atoms with Crippen LogP contribution in [0.3, 0.4) is 0 Å². The van der Waals surface area contributed by atoms with Crippen molar-refractivity contribution in [1.82, 2.24) is 4.90 Å². The van der Waals surface area contributed by atoms with E-state index in [9.17, 15) is 18.8 Å². The van der Waals surface area contributed by atoms with Gasteiger partial charge in [0, 0.05) is 23.5 Å². The van der Waals surface area contributed by atoms with E-state index < -0.39 is 11.8 Å². The number of halogens is 1. The van der Waals surface area contributed by atoms with Crippen LogP contribution in [0.15, 0.2) is 30.3 Å². The molecule has 1 aliphatic heterocycles. The predicted octanol–water partition coefficient (Wildman–Crippen LogP) is 4.12. The van der Waals surface area contributed by atoms with Crippen LogP contribution in [-0.4, -0.2) is 42.4 Å². The Hall–Kier alpha value is -2.74. The van der Waals surface area contributed by atoms with Crippen LogP contribution in [-0.2, 0) is 16.0 Å². The SMILES string of the molecule is CCOC(=O)c1cc(CC)sc1NC(=O)C1CCCN(C(=O)c2ccc(F)cc2)C1. The summed E-state index contributed by atoms with van der Waals surface area (Å²) in [6, 6.07) is 7.15. The summed E-state index contributed by atoms with van der Waals surface area (Å²) in [5.41, 5.74) is 0.759. The number of amides is 2. The van der Waals surface area contributed by atoms with Gasteiger partial charge in [0.25, 0.3) is 5.91 Å². The largest absolute Gasteiger partial charge is 0.462 e. The number of thiophene rings is 1. The minimum Gasteiger partial charge on any atom is -0.462 e. The first kappa shape index (κ1) is 22.0. The molecule has 1 aromatic carbocycles. The third-order valence-corrected chi connectivity index (χ3v) is 6.23. The molecule has 1 aliphatic rings. The van der Waals surface area contributed by atoms with Gasteiger partial charge in [-0.05, 0) is 56.5 Å². The molecular formula is C22H25FN2O4S. The quantitative estimate of drug-likeness (QED) is 0.697. The Bertz CT molecular complexity index is 926. The molecule has 0 saturated carbocycles. The average Bonchev–Trinajstić information content (AvgIpc) is 3.17. The second kappa shape index (κ2) is 9.84. The van der Waals surface area contributed by atoms with Crippen molar-refractivity contribution in [2.75, 3.05) is 25.0 Å². The number of hydrogen-bond donors (Lipinski definition) is 1. The highest BCUT2D eigenvalue weighted by Crippen LogP contribution is 2.30. The summed E-state index contributed by atoms with van der Waals surface area (Å²) < 4.78 is 18.2. The van der Waals surface area contributed by atoms with Gasteiger partial charge >= 0.3 is 5.97 Å². The van der Waals surface area contributed by atoms with Crippen molar-refractivity contribution in [3.8, 4) is 0 Å². The first-order valence-corrected chi connectivity index (χ1v) is 10.9. The van der Waals surface area contributed by atoms with Crippen molar-refractivity contribution in [1.29, 1.82) is 0 Å². The van der Waals surface area contributed by atoms with E-state index in [0.717, 1.165) is 11.3 Å². The molecule has 0 spiro atoms. The summed E-state index contributed by atoms with van der Waals surface area (Å²) in [5.74, 6) is -1.68. The lowest BCUT2D eigenvalue weighted by molar-refractivity contribution is -0.121. The average molecular weight is 433 g/mol. The molecule has 2 amide bonds. The highest BCUT2D eigenvalue weighted by molar-refractivity contribution is 7.16. The molecule has 6 nitrogen and oxygen atoms in total. The van der Waals surface area contributed by atoms with E-state index >= 15 is 0 Å². The molecule has 8 heteroatoms. The van der Waals surface area contributed by atoms with Gasteiger partial charge < -0.3 is 15.0 Å². The van der Waals surface area contributed by atoms with Gasteiger partial charge in [0.15, 0.2) is 0 Å². The minimum absolute atomic E-state index is 0.218. The Labute approximate surface area is 179 Å². The van der Waals surface area contributed by atoms with Gasteiger partial charge in [0.1, 0.15) is 10.8 Å². The van der Waals surface area contributed by atoms with Gasteiger partial charge in [-0.2, -0.15) is 0 Å². The molecule has 1 unspecified atom stereocenters. The molecular weight excluding hydrogens is 407 g/mol. The first-order chi connectivity index (χ1) is 14.4. The number of piperidine rings is 1. The van der Waals surface area contributed by atoms with Crippen molar-refractivity contribution < 1.29 is 23.5 Å². The van der Waals surface area contributed by atoms with E-state index in [1.54, 1.807) is 17.9 Å². The van der Waals surface area contributed by atoms with Crippen LogP contribution in [0.25, 0.3) is 0 Å². The fraction of sp³-hybridized carbons (Fsp3) is 0.409. The molecule has 2 aromatic rings. The number of nitrogens with zero attached hydrogens (tertiary/aromatic N) is 1. The van der Waals surface area contributed by atoms with E-state index in [-0.39, 0.29) is 30.9 Å². The van der Waals surface area contributed by atoms with Crippen molar-refractivity contribution in [2.45, 2.75) is 33.1 Å². The van der Waals surface area contributed by atoms with Crippen LogP contribution in [0.5, 0.6) is 0 Å². The third kappa shape index (κ3) is 5.05. The van der Waals surface area contributed by atoms with Crippen LogP contribution in [0.1, 0.15) is 52.3 Å². The Morgan fingerprint density at radius 3 is 2.63 bits per heavy atom. The Kier molecular flexibility index (Phi) is 7.20. The zero-order valence-corrected chi connectivity index (χ0v) is 17.9. The number of benzene rings is 1.